The van der Waals surface area contributed by atoms with Gasteiger partial charge in [-0.3, -0.25) is 25.8 Å². The molecule has 6 nitrogen and oxygen atoms in total. The number of para-hydroxylation sites is 1. The van der Waals surface area contributed by atoms with Crippen molar-refractivity contribution in [2.24, 2.45) is 11.8 Å². The Morgan fingerprint density at radius 1 is 1.15 bits per heavy atom. The molecule has 7 heteroatoms. The zero-order valence-electron chi connectivity index (χ0n) is 15.3. The summed E-state index contributed by atoms with van der Waals surface area (Å²) in [4.78, 5) is 24.5. The van der Waals surface area contributed by atoms with Crippen LogP contribution in [0, 0.1) is 11.8 Å². The van der Waals surface area contributed by atoms with Gasteiger partial charge in [-0.15, -0.1) is 0 Å². The Morgan fingerprint density at radius 2 is 1.85 bits per heavy atom. The Kier molecular flexibility index (Phi) is 7.84. The van der Waals surface area contributed by atoms with Gasteiger partial charge in [0.15, 0.2) is 5.11 Å². The molecule has 0 saturated heterocycles. The largest absolute Gasteiger partial charge is 0.492 e. The zero-order chi connectivity index (χ0) is 18.9. The SMILES string of the molecule is CC(C)COc1ccccc1C(=O)NC(=S)NNC(=O)C1CCCCC1. The molecule has 2 rings (SSSR count). The lowest BCUT2D eigenvalue weighted by Crippen LogP contribution is -2.50. The second-order valence-corrected chi connectivity index (χ2v) is 7.34. The van der Waals surface area contributed by atoms with E-state index >= 15 is 0 Å². The van der Waals surface area contributed by atoms with E-state index in [1.165, 1.54) is 6.42 Å². The highest BCUT2D eigenvalue weighted by atomic mass is 32.1. The van der Waals surface area contributed by atoms with Gasteiger partial charge >= 0.3 is 0 Å². The minimum absolute atomic E-state index is 0.0138. The molecule has 0 heterocycles. The van der Waals surface area contributed by atoms with E-state index in [4.69, 9.17) is 17.0 Å². The van der Waals surface area contributed by atoms with Crippen molar-refractivity contribution in [1.29, 1.82) is 0 Å². The highest BCUT2D eigenvalue weighted by Crippen LogP contribution is 2.23. The van der Waals surface area contributed by atoms with Crippen LogP contribution in [0.2, 0.25) is 0 Å². The summed E-state index contributed by atoms with van der Waals surface area (Å²) in [7, 11) is 0. The van der Waals surface area contributed by atoms with E-state index in [-0.39, 0.29) is 22.8 Å². The van der Waals surface area contributed by atoms with Crippen molar-refractivity contribution in [3.05, 3.63) is 29.8 Å². The van der Waals surface area contributed by atoms with Crippen LogP contribution in [-0.2, 0) is 4.79 Å². The lowest BCUT2D eigenvalue weighted by Gasteiger charge is -2.21. The monoisotopic (exact) mass is 377 g/mol. The number of ether oxygens (including phenoxy) is 1. The molecule has 0 spiro atoms. The molecule has 0 atom stereocenters. The number of hydrogen-bond donors (Lipinski definition) is 3. The molecule has 142 valence electrons. The molecule has 0 bridgehead atoms. The van der Waals surface area contributed by atoms with Gasteiger partial charge in [-0.2, -0.15) is 0 Å². The van der Waals surface area contributed by atoms with E-state index in [0.717, 1.165) is 25.7 Å². The van der Waals surface area contributed by atoms with Crippen LogP contribution >= 0.6 is 12.2 Å². The van der Waals surface area contributed by atoms with Crippen molar-refractivity contribution < 1.29 is 14.3 Å². The van der Waals surface area contributed by atoms with Crippen LogP contribution < -0.4 is 20.9 Å². The summed E-state index contributed by atoms with van der Waals surface area (Å²) >= 11 is 5.10. The fourth-order valence-electron chi connectivity index (χ4n) is 2.82. The van der Waals surface area contributed by atoms with Gasteiger partial charge in [-0.05, 0) is 43.1 Å². The van der Waals surface area contributed by atoms with Gasteiger partial charge < -0.3 is 4.74 Å². The third kappa shape index (κ3) is 6.29. The molecule has 0 radical (unpaired) electrons. The molecule has 1 aromatic carbocycles. The minimum Gasteiger partial charge on any atom is -0.492 e. The van der Waals surface area contributed by atoms with Crippen molar-refractivity contribution in [3.8, 4) is 5.75 Å². The quantitative estimate of drug-likeness (QED) is 0.543. The first-order chi connectivity index (χ1) is 12.5. The highest BCUT2D eigenvalue weighted by Gasteiger charge is 2.21. The summed E-state index contributed by atoms with van der Waals surface area (Å²) < 4.78 is 5.68. The number of carbonyl (C=O) groups is 2. The third-order valence-corrected chi connectivity index (χ3v) is 4.41. The number of carbonyl (C=O) groups excluding carboxylic acids is 2. The molecular weight excluding hydrogens is 350 g/mol. The van der Waals surface area contributed by atoms with Gasteiger partial charge in [0, 0.05) is 5.92 Å². The third-order valence-electron chi connectivity index (χ3n) is 4.21. The molecule has 1 saturated carbocycles. The van der Waals surface area contributed by atoms with Gasteiger partial charge in [0.25, 0.3) is 5.91 Å². The van der Waals surface area contributed by atoms with Crippen LogP contribution in [0.25, 0.3) is 0 Å². The van der Waals surface area contributed by atoms with E-state index in [2.05, 4.69) is 16.2 Å². The first kappa shape index (κ1) is 20.2. The van der Waals surface area contributed by atoms with Crippen LogP contribution in [0.3, 0.4) is 0 Å². The van der Waals surface area contributed by atoms with Crippen LogP contribution in [0.5, 0.6) is 5.75 Å². The molecule has 1 aliphatic rings. The van der Waals surface area contributed by atoms with Crippen LogP contribution in [0.15, 0.2) is 24.3 Å². The van der Waals surface area contributed by atoms with E-state index < -0.39 is 0 Å². The van der Waals surface area contributed by atoms with Gasteiger partial charge in [-0.25, -0.2) is 0 Å². The molecule has 1 aromatic rings. The van der Waals surface area contributed by atoms with Crippen LogP contribution in [0.1, 0.15) is 56.3 Å². The van der Waals surface area contributed by atoms with Gasteiger partial charge in [0.05, 0.1) is 12.2 Å². The summed E-state index contributed by atoms with van der Waals surface area (Å²) in [5, 5.41) is 2.62. The number of rotatable bonds is 5. The zero-order valence-corrected chi connectivity index (χ0v) is 16.2. The average molecular weight is 378 g/mol. The lowest BCUT2D eigenvalue weighted by atomic mass is 9.89. The summed E-state index contributed by atoms with van der Waals surface area (Å²) in [5.41, 5.74) is 5.60. The maximum absolute atomic E-state index is 12.4. The number of amides is 2. The Morgan fingerprint density at radius 3 is 2.54 bits per heavy atom. The Labute approximate surface area is 160 Å². The number of nitrogens with one attached hydrogen (secondary N) is 3. The summed E-state index contributed by atoms with van der Waals surface area (Å²) in [6.45, 7) is 4.60. The summed E-state index contributed by atoms with van der Waals surface area (Å²) in [6, 6.07) is 7.00. The molecular formula is C19H27N3O3S. The van der Waals surface area contributed by atoms with Crippen molar-refractivity contribution >= 4 is 29.1 Å². The molecule has 2 amide bonds. The van der Waals surface area contributed by atoms with Crippen molar-refractivity contribution in [2.45, 2.75) is 46.0 Å². The highest BCUT2D eigenvalue weighted by molar-refractivity contribution is 7.80. The number of hydrogen-bond acceptors (Lipinski definition) is 4. The molecule has 0 aromatic heterocycles. The Hall–Kier alpha value is -2.15. The maximum Gasteiger partial charge on any atom is 0.261 e. The fraction of sp³-hybridized carbons (Fsp3) is 0.526. The smallest absolute Gasteiger partial charge is 0.261 e. The van der Waals surface area contributed by atoms with Crippen LogP contribution in [0.4, 0.5) is 0 Å². The topological polar surface area (TPSA) is 79.5 Å². The lowest BCUT2D eigenvalue weighted by molar-refractivity contribution is -0.126. The number of benzene rings is 1. The minimum atomic E-state index is -0.381. The van der Waals surface area contributed by atoms with E-state index in [1.54, 1.807) is 18.2 Å². The molecule has 1 fully saturated rings. The summed E-state index contributed by atoms with van der Waals surface area (Å²) in [5.74, 6) is 0.409. The standard InChI is InChI=1S/C19H27N3O3S/c1-13(2)12-25-16-11-7-6-10-15(16)18(24)20-19(26)22-21-17(23)14-8-4-3-5-9-14/h6-7,10-11,13-14H,3-5,8-9,12H2,1-2H3,(H,21,23)(H2,20,22,24,26). The second kappa shape index (κ2) is 10.1. The molecule has 26 heavy (non-hydrogen) atoms. The van der Waals surface area contributed by atoms with E-state index in [1.807, 2.05) is 19.9 Å². The second-order valence-electron chi connectivity index (χ2n) is 6.93. The van der Waals surface area contributed by atoms with Crippen molar-refractivity contribution in [3.63, 3.8) is 0 Å². The van der Waals surface area contributed by atoms with Crippen molar-refractivity contribution in [2.75, 3.05) is 6.61 Å². The fourth-order valence-corrected chi connectivity index (χ4v) is 2.97. The predicted molar refractivity (Wildman–Crippen MR) is 105 cm³/mol. The normalized spacial score (nSPS) is 14.6. The first-order valence-corrected chi connectivity index (χ1v) is 9.51. The maximum atomic E-state index is 12.4. The van der Waals surface area contributed by atoms with Gasteiger partial charge in [0.2, 0.25) is 5.91 Å². The molecule has 0 aliphatic heterocycles. The van der Waals surface area contributed by atoms with E-state index in [0.29, 0.717) is 23.8 Å². The number of thiocarbonyl (C=S) groups is 1. The first-order valence-electron chi connectivity index (χ1n) is 9.10. The molecule has 3 N–H and O–H groups in total. The van der Waals surface area contributed by atoms with E-state index in [9.17, 15) is 9.59 Å². The Balaban J connectivity index is 1.85. The number of hydrazine groups is 1. The predicted octanol–water partition coefficient (Wildman–Crippen LogP) is 2.94. The molecule has 1 aliphatic carbocycles. The average Bonchev–Trinajstić information content (AvgIpc) is 2.65. The van der Waals surface area contributed by atoms with Gasteiger partial charge in [-0.1, -0.05) is 45.2 Å². The molecule has 0 unspecified atom stereocenters. The van der Waals surface area contributed by atoms with Crippen LogP contribution in [-0.4, -0.2) is 23.5 Å². The van der Waals surface area contributed by atoms with Crippen molar-refractivity contribution in [1.82, 2.24) is 16.2 Å². The Bertz CT molecular complexity index is 643. The van der Waals surface area contributed by atoms with Gasteiger partial charge in [0.1, 0.15) is 5.75 Å². The summed E-state index contributed by atoms with van der Waals surface area (Å²) in [6.07, 6.45) is 5.13.